The Balaban J connectivity index is 2.24. The lowest BCUT2D eigenvalue weighted by Crippen LogP contribution is -2.35. The van der Waals surface area contributed by atoms with E-state index in [1.54, 1.807) is 25.1 Å². The fourth-order valence-corrected chi connectivity index (χ4v) is 3.86. The van der Waals surface area contributed by atoms with Crippen molar-refractivity contribution in [2.75, 3.05) is 19.8 Å². The Morgan fingerprint density at radius 2 is 2.07 bits per heavy atom. The summed E-state index contributed by atoms with van der Waals surface area (Å²) in [6, 6.07) is 3.41. The average molecular weight is 496 g/mol. The van der Waals surface area contributed by atoms with Gasteiger partial charge in [-0.2, -0.15) is 0 Å². The van der Waals surface area contributed by atoms with Gasteiger partial charge in [0.05, 0.1) is 22.1 Å². The summed E-state index contributed by atoms with van der Waals surface area (Å²) in [4.78, 5) is 37.9. The molecule has 2 amide bonds. The molecule has 1 aromatic carbocycles. The van der Waals surface area contributed by atoms with E-state index in [9.17, 15) is 14.4 Å². The number of benzene rings is 1. The van der Waals surface area contributed by atoms with Gasteiger partial charge in [-0.3, -0.25) is 19.3 Å². The van der Waals surface area contributed by atoms with Crippen LogP contribution in [-0.2, 0) is 14.3 Å². The third-order valence-electron chi connectivity index (χ3n) is 4.00. The average Bonchev–Trinajstić information content (AvgIpc) is 2.94. The van der Waals surface area contributed by atoms with E-state index in [0.717, 1.165) is 16.7 Å². The Morgan fingerprint density at radius 3 is 2.70 bits per heavy atom. The molecule has 7 nitrogen and oxygen atoms in total. The first-order chi connectivity index (χ1) is 14.3. The molecule has 30 heavy (non-hydrogen) atoms. The smallest absolute Gasteiger partial charge is 0.326 e. The Hall–Kier alpha value is -2.44. The highest BCUT2D eigenvalue weighted by molar-refractivity contribution is 9.10. The van der Waals surface area contributed by atoms with E-state index in [1.807, 2.05) is 13.8 Å². The van der Waals surface area contributed by atoms with Gasteiger partial charge in [0.15, 0.2) is 11.5 Å². The Labute approximate surface area is 188 Å². The maximum atomic E-state index is 12.6. The fraction of sp³-hybridized carbons (Fsp3) is 0.381. The summed E-state index contributed by atoms with van der Waals surface area (Å²) in [7, 11) is 0. The molecule has 0 radical (unpaired) electrons. The van der Waals surface area contributed by atoms with Crippen LogP contribution in [0.2, 0.25) is 0 Å². The second kappa shape index (κ2) is 11.1. The van der Waals surface area contributed by atoms with E-state index >= 15 is 0 Å². The van der Waals surface area contributed by atoms with Gasteiger partial charge in [0.2, 0.25) is 0 Å². The quantitative estimate of drug-likeness (QED) is 0.287. The first-order valence-corrected chi connectivity index (χ1v) is 10.9. The lowest BCUT2D eigenvalue weighted by molar-refractivity contribution is -0.150. The number of imide groups is 1. The number of amides is 2. The zero-order valence-electron chi connectivity index (χ0n) is 16.9. The molecule has 9 heteroatoms. The molecule has 160 valence electrons. The third kappa shape index (κ3) is 6.03. The highest BCUT2D eigenvalue weighted by atomic mass is 79.9. The maximum Gasteiger partial charge on any atom is 0.326 e. The van der Waals surface area contributed by atoms with Gasteiger partial charge in [-0.1, -0.05) is 12.8 Å². The highest BCUT2D eigenvalue weighted by Gasteiger charge is 2.37. The minimum Gasteiger partial charge on any atom is -0.490 e. The van der Waals surface area contributed by atoms with Gasteiger partial charge >= 0.3 is 5.97 Å². The molecule has 1 fully saturated rings. The first kappa shape index (κ1) is 23.8. The zero-order valence-corrected chi connectivity index (χ0v) is 19.3. The molecule has 1 saturated heterocycles. The minimum atomic E-state index is -0.621. The third-order valence-corrected chi connectivity index (χ3v) is 5.49. The number of terminal acetylenes is 1. The Morgan fingerprint density at radius 1 is 1.33 bits per heavy atom. The van der Waals surface area contributed by atoms with Crippen molar-refractivity contribution in [3.63, 3.8) is 0 Å². The monoisotopic (exact) mass is 495 g/mol. The van der Waals surface area contributed by atoms with Crippen molar-refractivity contribution < 1.29 is 28.6 Å². The second-order valence-electron chi connectivity index (χ2n) is 6.23. The molecule has 0 N–H and O–H groups in total. The number of hydrogen-bond donors (Lipinski definition) is 0. The predicted octanol–water partition coefficient (Wildman–Crippen LogP) is 4.24. The topological polar surface area (TPSA) is 82.1 Å². The number of thioether (sulfide) groups is 1. The summed E-state index contributed by atoms with van der Waals surface area (Å²) in [6.45, 7) is 5.50. The summed E-state index contributed by atoms with van der Waals surface area (Å²) >= 11 is 4.18. The second-order valence-corrected chi connectivity index (χ2v) is 8.08. The molecule has 1 heterocycles. The van der Waals surface area contributed by atoms with E-state index in [2.05, 4.69) is 21.9 Å². The molecule has 0 saturated carbocycles. The van der Waals surface area contributed by atoms with Crippen molar-refractivity contribution in [3.05, 3.63) is 27.1 Å². The number of rotatable bonds is 9. The molecule has 1 aromatic rings. The van der Waals surface area contributed by atoms with E-state index < -0.39 is 23.7 Å². The maximum absolute atomic E-state index is 12.6. The Kier molecular flexibility index (Phi) is 8.81. The molecule has 1 atom stereocenters. The molecule has 0 spiro atoms. The molecular weight excluding hydrogens is 474 g/mol. The largest absolute Gasteiger partial charge is 0.490 e. The summed E-state index contributed by atoms with van der Waals surface area (Å²) < 4.78 is 16.9. The van der Waals surface area contributed by atoms with Gasteiger partial charge in [-0.15, -0.1) is 6.42 Å². The number of ether oxygens (including phenoxy) is 3. The number of nitrogens with zero attached hydrogens (tertiary/aromatic N) is 1. The van der Waals surface area contributed by atoms with E-state index in [0.29, 0.717) is 34.6 Å². The minimum absolute atomic E-state index is 0.0731. The van der Waals surface area contributed by atoms with Gasteiger partial charge in [0, 0.05) is 0 Å². The molecule has 0 bridgehead atoms. The van der Waals surface area contributed by atoms with E-state index in [4.69, 9.17) is 20.6 Å². The van der Waals surface area contributed by atoms with Crippen molar-refractivity contribution in [3.8, 4) is 23.8 Å². The van der Waals surface area contributed by atoms with Crippen LogP contribution < -0.4 is 9.47 Å². The SMILES string of the molecule is C#CCOc1c(Br)cc(/C=C2\SC(=O)N(CC(=O)O[C@H](C)CC)C2=O)cc1OCC. The normalized spacial score (nSPS) is 15.8. The van der Waals surface area contributed by atoms with Crippen LogP contribution in [0.4, 0.5) is 4.79 Å². The summed E-state index contributed by atoms with van der Waals surface area (Å²) in [5.74, 6) is 2.12. The van der Waals surface area contributed by atoms with E-state index in [-0.39, 0.29) is 17.6 Å². The van der Waals surface area contributed by atoms with Crippen LogP contribution in [0.5, 0.6) is 11.5 Å². The van der Waals surface area contributed by atoms with Crippen LogP contribution in [0.25, 0.3) is 6.08 Å². The van der Waals surface area contributed by atoms with Gasteiger partial charge in [0.1, 0.15) is 13.2 Å². The molecule has 1 aliphatic rings. The molecule has 1 aliphatic heterocycles. The predicted molar refractivity (Wildman–Crippen MR) is 118 cm³/mol. The van der Waals surface area contributed by atoms with Crippen molar-refractivity contribution in [1.29, 1.82) is 0 Å². The summed E-state index contributed by atoms with van der Waals surface area (Å²) in [5, 5.41) is -0.523. The van der Waals surface area contributed by atoms with Crippen molar-refractivity contribution in [2.45, 2.75) is 33.3 Å². The summed E-state index contributed by atoms with van der Waals surface area (Å²) in [6.07, 6.45) is 7.17. The lowest BCUT2D eigenvalue weighted by atomic mass is 10.2. The molecule has 0 aromatic heterocycles. The fourth-order valence-electron chi connectivity index (χ4n) is 2.45. The van der Waals surface area contributed by atoms with Crippen LogP contribution in [-0.4, -0.2) is 47.9 Å². The first-order valence-electron chi connectivity index (χ1n) is 9.28. The van der Waals surface area contributed by atoms with Crippen LogP contribution in [0.1, 0.15) is 32.8 Å². The molecule has 0 unspecified atom stereocenters. The van der Waals surface area contributed by atoms with Crippen molar-refractivity contribution in [1.82, 2.24) is 4.90 Å². The van der Waals surface area contributed by atoms with Gasteiger partial charge in [-0.25, -0.2) is 0 Å². The van der Waals surface area contributed by atoms with Gasteiger partial charge in [0.25, 0.3) is 11.1 Å². The summed E-state index contributed by atoms with van der Waals surface area (Å²) in [5.41, 5.74) is 0.617. The molecular formula is C21H22BrNO6S. The van der Waals surface area contributed by atoms with Crippen LogP contribution in [0, 0.1) is 12.3 Å². The Bertz CT molecular complexity index is 907. The van der Waals surface area contributed by atoms with Crippen LogP contribution in [0.3, 0.4) is 0 Å². The molecule has 2 rings (SSSR count). The number of hydrogen-bond acceptors (Lipinski definition) is 7. The zero-order chi connectivity index (χ0) is 22.3. The van der Waals surface area contributed by atoms with Crippen molar-refractivity contribution in [2.24, 2.45) is 0 Å². The number of carbonyl (C=O) groups excluding carboxylic acids is 3. The van der Waals surface area contributed by atoms with Crippen LogP contribution in [0.15, 0.2) is 21.5 Å². The standard InChI is InChI=1S/C21H22BrNO6S/c1-5-8-28-19-15(22)9-14(10-16(19)27-7-3)11-17-20(25)23(21(26)30-17)12-18(24)29-13(4)6-2/h1,9-11,13H,6-8,12H2,2-4H3/b17-11-/t13-/m1/s1. The molecule has 0 aliphatic carbocycles. The lowest BCUT2D eigenvalue weighted by Gasteiger charge is -2.15. The number of esters is 1. The number of carbonyl (C=O) groups is 3. The van der Waals surface area contributed by atoms with Crippen LogP contribution >= 0.6 is 27.7 Å². The van der Waals surface area contributed by atoms with E-state index in [1.165, 1.54) is 0 Å². The van der Waals surface area contributed by atoms with Crippen molar-refractivity contribution >= 4 is 50.9 Å². The highest BCUT2D eigenvalue weighted by Crippen LogP contribution is 2.39. The van der Waals surface area contributed by atoms with Gasteiger partial charge < -0.3 is 14.2 Å². The number of halogens is 1. The van der Waals surface area contributed by atoms with Gasteiger partial charge in [-0.05, 0) is 71.7 Å².